The number of ether oxygens (including phenoxy) is 4. The molecule has 2 aromatic carbocycles. The molecular formula is C26H39ClN2O5. The second-order valence-corrected chi connectivity index (χ2v) is 7.67. The van der Waals surface area contributed by atoms with Gasteiger partial charge in [0.2, 0.25) is 0 Å². The zero-order valence-corrected chi connectivity index (χ0v) is 21.2. The van der Waals surface area contributed by atoms with Gasteiger partial charge in [-0.3, -0.25) is 4.90 Å². The lowest BCUT2D eigenvalue weighted by Gasteiger charge is -2.26. The lowest BCUT2D eigenvalue weighted by molar-refractivity contribution is 0.0358. The van der Waals surface area contributed by atoms with Crippen molar-refractivity contribution >= 4 is 24.1 Å². The summed E-state index contributed by atoms with van der Waals surface area (Å²) in [6.45, 7) is 10.8. The monoisotopic (exact) mass is 494 g/mol. The molecule has 190 valence electrons. The van der Waals surface area contributed by atoms with Crippen molar-refractivity contribution in [3.8, 4) is 11.5 Å². The summed E-state index contributed by atoms with van der Waals surface area (Å²) in [5.74, 6) is 1.53. The number of esters is 1. The molecule has 2 N–H and O–H groups in total. The predicted octanol–water partition coefficient (Wildman–Crippen LogP) is 4.83. The van der Waals surface area contributed by atoms with Crippen molar-refractivity contribution in [3.05, 3.63) is 54.1 Å². The lowest BCUT2D eigenvalue weighted by Crippen LogP contribution is -2.37. The van der Waals surface area contributed by atoms with Crippen LogP contribution in [0, 0.1) is 0 Å². The quantitative estimate of drug-likeness (QED) is 0.272. The number of nitrogens with two attached hydrogens (primary N) is 1. The van der Waals surface area contributed by atoms with Crippen LogP contribution in [0.1, 0.15) is 43.5 Å². The number of halogens is 1. The number of carbonyl (C=O) groups excluding carboxylic acids is 1. The van der Waals surface area contributed by atoms with E-state index in [4.69, 9.17) is 24.7 Å². The topological polar surface area (TPSA) is 83.2 Å². The van der Waals surface area contributed by atoms with Gasteiger partial charge in [0, 0.05) is 25.3 Å². The number of anilines is 1. The number of hydrogen-bond donors (Lipinski definition) is 1. The number of hydrogen-bond acceptors (Lipinski definition) is 7. The average molecular weight is 495 g/mol. The minimum Gasteiger partial charge on any atom is -0.494 e. The fourth-order valence-electron chi connectivity index (χ4n) is 3.10. The first-order chi connectivity index (χ1) is 16.1. The molecule has 2 aromatic rings. The van der Waals surface area contributed by atoms with Gasteiger partial charge in [-0.2, -0.15) is 0 Å². The van der Waals surface area contributed by atoms with E-state index in [0.717, 1.165) is 76.8 Å². The highest BCUT2D eigenvalue weighted by Crippen LogP contribution is 2.18. The molecule has 1 heterocycles. The minimum absolute atomic E-state index is 0. The molecule has 0 spiro atoms. The minimum atomic E-state index is -0.308. The normalized spacial score (nSPS) is 13.1. The van der Waals surface area contributed by atoms with Gasteiger partial charge in [-0.15, -0.1) is 12.4 Å². The Bertz CT molecular complexity index is 781. The molecule has 7 nitrogen and oxygen atoms in total. The average Bonchev–Trinajstić information content (AvgIpc) is 2.85. The lowest BCUT2D eigenvalue weighted by atomic mass is 10.2. The van der Waals surface area contributed by atoms with Gasteiger partial charge in [-0.1, -0.05) is 13.3 Å². The Hall–Kier alpha value is -2.48. The Morgan fingerprint density at radius 1 is 0.912 bits per heavy atom. The molecule has 34 heavy (non-hydrogen) atoms. The summed E-state index contributed by atoms with van der Waals surface area (Å²) >= 11 is 0. The highest BCUT2D eigenvalue weighted by molar-refractivity contribution is 5.89. The maximum absolute atomic E-state index is 11.1. The summed E-state index contributed by atoms with van der Waals surface area (Å²) in [4.78, 5) is 13.5. The molecule has 0 bridgehead atoms. The van der Waals surface area contributed by atoms with Gasteiger partial charge in [0.05, 0.1) is 38.6 Å². The molecule has 3 rings (SSSR count). The van der Waals surface area contributed by atoms with Crippen molar-refractivity contribution in [1.82, 2.24) is 4.90 Å². The second-order valence-electron chi connectivity index (χ2n) is 7.67. The molecular weight excluding hydrogens is 456 g/mol. The van der Waals surface area contributed by atoms with Gasteiger partial charge < -0.3 is 24.7 Å². The van der Waals surface area contributed by atoms with Crippen LogP contribution < -0.4 is 15.2 Å². The van der Waals surface area contributed by atoms with E-state index in [1.165, 1.54) is 0 Å². The van der Waals surface area contributed by atoms with E-state index < -0.39 is 0 Å². The predicted molar refractivity (Wildman–Crippen MR) is 138 cm³/mol. The second kappa shape index (κ2) is 17.9. The molecule has 1 aliphatic rings. The van der Waals surface area contributed by atoms with Crippen molar-refractivity contribution in [3.63, 3.8) is 0 Å². The van der Waals surface area contributed by atoms with Gasteiger partial charge in [0.15, 0.2) is 0 Å². The molecule has 1 aliphatic heterocycles. The van der Waals surface area contributed by atoms with Gasteiger partial charge in [-0.05, 0) is 68.3 Å². The number of nitrogens with zero attached hydrogens (tertiary/aromatic N) is 1. The van der Waals surface area contributed by atoms with Crippen molar-refractivity contribution in [2.24, 2.45) is 0 Å². The molecule has 0 radical (unpaired) electrons. The highest BCUT2D eigenvalue weighted by atomic mass is 35.5. The molecule has 0 saturated carbocycles. The van der Waals surface area contributed by atoms with Crippen LogP contribution in [0.4, 0.5) is 5.69 Å². The van der Waals surface area contributed by atoms with E-state index in [0.29, 0.717) is 17.9 Å². The van der Waals surface area contributed by atoms with Crippen molar-refractivity contribution in [2.75, 3.05) is 58.4 Å². The van der Waals surface area contributed by atoms with Crippen LogP contribution in [0.5, 0.6) is 11.5 Å². The molecule has 1 fully saturated rings. The van der Waals surface area contributed by atoms with Gasteiger partial charge in [0.25, 0.3) is 0 Å². The van der Waals surface area contributed by atoms with E-state index in [1.54, 1.807) is 31.2 Å². The van der Waals surface area contributed by atoms with Crippen LogP contribution in [-0.4, -0.2) is 63.5 Å². The Morgan fingerprint density at radius 3 is 2.00 bits per heavy atom. The van der Waals surface area contributed by atoms with Gasteiger partial charge in [0.1, 0.15) is 11.5 Å². The fraction of sp³-hybridized carbons (Fsp3) is 0.500. The molecule has 0 unspecified atom stereocenters. The van der Waals surface area contributed by atoms with Crippen LogP contribution >= 0.6 is 12.4 Å². The fourth-order valence-corrected chi connectivity index (χ4v) is 3.10. The SMILES string of the molecule is CCCCOc1ccc(OCCCN2CCOCC2)cc1.CCOC(=O)c1ccc(N)cc1.Cl. The first kappa shape index (κ1) is 29.6. The molecule has 0 aliphatic carbocycles. The largest absolute Gasteiger partial charge is 0.494 e. The van der Waals surface area contributed by atoms with E-state index in [-0.39, 0.29) is 18.4 Å². The highest BCUT2D eigenvalue weighted by Gasteiger charge is 2.09. The Labute approximate surface area is 209 Å². The van der Waals surface area contributed by atoms with Gasteiger partial charge >= 0.3 is 5.97 Å². The Kier molecular flexibility index (Phi) is 15.6. The van der Waals surface area contributed by atoms with Crippen LogP contribution in [0.2, 0.25) is 0 Å². The number of rotatable bonds is 11. The van der Waals surface area contributed by atoms with Crippen LogP contribution in [0.15, 0.2) is 48.5 Å². The molecule has 8 heteroatoms. The third-order valence-electron chi connectivity index (χ3n) is 5.00. The maximum Gasteiger partial charge on any atom is 0.338 e. The number of morpholine rings is 1. The van der Waals surface area contributed by atoms with E-state index in [9.17, 15) is 4.79 Å². The van der Waals surface area contributed by atoms with Gasteiger partial charge in [-0.25, -0.2) is 4.79 Å². The maximum atomic E-state index is 11.1. The van der Waals surface area contributed by atoms with E-state index >= 15 is 0 Å². The molecule has 0 atom stereocenters. The zero-order chi connectivity index (χ0) is 23.7. The summed E-state index contributed by atoms with van der Waals surface area (Å²) in [6.07, 6.45) is 3.30. The third kappa shape index (κ3) is 12.1. The summed E-state index contributed by atoms with van der Waals surface area (Å²) in [6, 6.07) is 14.6. The van der Waals surface area contributed by atoms with Crippen LogP contribution in [-0.2, 0) is 9.47 Å². The first-order valence-electron chi connectivity index (χ1n) is 11.8. The van der Waals surface area contributed by atoms with Crippen LogP contribution in [0.3, 0.4) is 0 Å². The van der Waals surface area contributed by atoms with E-state index in [1.807, 2.05) is 24.3 Å². The molecule has 1 saturated heterocycles. The van der Waals surface area contributed by atoms with Crippen molar-refractivity contribution in [2.45, 2.75) is 33.1 Å². The van der Waals surface area contributed by atoms with Crippen molar-refractivity contribution in [1.29, 1.82) is 0 Å². The third-order valence-corrected chi connectivity index (χ3v) is 5.00. The Balaban J connectivity index is 0.000000380. The van der Waals surface area contributed by atoms with Crippen LogP contribution in [0.25, 0.3) is 0 Å². The molecule has 0 amide bonds. The summed E-state index contributed by atoms with van der Waals surface area (Å²) in [5.41, 5.74) is 6.62. The van der Waals surface area contributed by atoms with E-state index in [2.05, 4.69) is 11.8 Å². The zero-order valence-electron chi connectivity index (χ0n) is 20.4. The summed E-state index contributed by atoms with van der Waals surface area (Å²) in [5, 5.41) is 0. The van der Waals surface area contributed by atoms with Crippen molar-refractivity contribution < 1.29 is 23.7 Å². The number of nitrogen functional groups attached to an aromatic ring is 1. The smallest absolute Gasteiger partial charge is 0.338 e. The number of unbranched alkanes of at least 4 members (excludes halogenated alkanes) is 1. The number of benzene rings is 2. The summed E-state index contributed by atoms with van der Waals surface area (Å²) < 4.78 is 21.5. The number of carbonyl (C=O) groups is 1. The standard InChI is InChI=1S/C17H27NO3.C9H11NO2.ClH/c1-2-3-12-20-16-5-7-17(8-6-16)21-13-4-9-18-10-14-19-15-11-18;1-2-12-9(11)7-3-5-8(10)6-4-7;/h5-8H,2-4,9-15H2,1H3;3-6H,2,10H2,1H3;1H. The molecule has 0 aromatic heterocycles. The summed E-state index contributed by atoms with van der Waals surface area (Å²) in [7, 11) is 0. The Morgan fingerprint density at radius 2 is 1.47 bits per heavy atom. The first-order valence-corrected chi connectivity index (χ1v) is 11.8.